The van der Waals surface area contributed by atoms with Gasteiger partial charge < -0.3 is 10.8 Å². The number of pyridine rings is 1. The van der Waals surface area contributed by atoms with Crippen molar-refractivity contribution in [2.75, 3.05) is 0 Å². The average Bonchev–Trinajstić information content (AvgIpc) is 2.17. The number of rotatable bonds is 3. The van der Waals surface area contributed by atoms with Gasteiger partial charge in [-0.05, 0) is 12.1 Å². The van der Waals surface area contributed by atoms with E-state index >= 15 is 0 Å². The predicted octanol–water partition coefficient (Wildman–Crippen LogP) is 0.966. The third kappa shape index (κ3) is 2.13. The number of aromatic nitrogens is 1. The van der Waals surface area contributed by atoms with Gasteiger partial charge in [0.05, 0.1) is 17.3 Å². The zero-order valence-corrected chi connectivity index (χ0v) is 6.97. The maximum Gasteiger partial charge on any atom is 0.335 e. The fraction of sp³-hybridized carbons (Fsp3) is 0.111. The first-order valence-electron chi connectivity index (χ1n) is 3.72. The zero-order valence-electron chi connectivity index (χ0n) is 6.97. The number of nitrogens with two attached hydrogens (primary N) is 1. The largest absolute Gasteiger partial charge is 0.478 e. The molecule has 1 atom stereocenters. The van der Waals surface area contributed by atoms with Crippen molar-refractivity contribution in [2.45, 2.75) is 6.04 Å². The highest BCUT2D eigenvalue weighted by molar-refractivity contribution is 5.87. The molecule has 13 heavy (non-hydrogen) atoms. The van der Waals surface area contributed by atoms with E-state index in [2.05, 4.69) is 11.6 Å². The summed E-state index contributed by atoms with van der Waals surface area (Å²) in [5.41, 5.74) is 6.28. The molecule has 1 aromatic heterocycles. The number of carboxylic acid groups (broad SMARTS) is 1. The number of aromatic carboxylic acids is 1. The van der Waals surface area contributed by atoms with E-state index in [1.807, 2.05) is 0 Å². The van der Waals surface area contributed by atoms with Gasteiger partial charge in [-0.3, -0.25) is 4.98 Å². The Morgan fingerprint density at radius 1 is 1.77 bits per heavy atom. The van der Waals surface area contributed by atoms with Crippen LogP contribution in [0.1, 0.15) is 22.1 Å². The van der Waals surface area contributed by atoms with E-state index in [4.69, 9.17) is 10.8 Å². The second-order valence-corrected chi connectivity index (χ2v) is 2.54. The van der Waals surface area contributed by atoms with Crippen LogP contribution in [0.5, 0.6) is 0 Å². The van der Waals surface area contributed by atoms with Gasteiger partial charge in [-0.2, -0.15) is 0 Å². The highest BCUT2D eigenvalue weighted by Gasteiger charge is 2.07. The van der Waals surface area contributed by atoms with Gasteiger partial charge in [0.15, 0.2) is 0 Å². The summed E-state index contributed by atoms with van der Waals surface area (Å²) in [5.74, 6) is -0.986. The SMILES string of the molecule is C=CC(N)c1cc(C(=O)O)ccn1. The van der Waals surface area contributed by atoms with Crippen molar-refractivity contribution >= 4 is 5.97 Å². The maximum atomic E-state index is 10.6. The monoisotopic (exact) mass is 178 g/mol. The molecule has 3 N–H and O–H groups in total. The molecule has 0 bridgehead atoms. The van der Waals surface area contributed by atoms with Crippen LogP contribution >= 0.6 is 0 Å². The molecule has 0 aliphatic rings. The fourth-order valence-electron chi connectivity index (χ4n) is 0.884. The van der Waals surface area contributed by atoms with Gasteiger partial charge >= 0.3 is 5.97 Å². The topological polar surface area (TPSA) is 76.2 Å². The Hall–Kier alpha value is -1.68. The summed E-state index contributed by atoms with van der Waals surface area (Å²) in [6, 6.07) is 2.44. The summed E-state index contributed by atoms with van der Waals surface area (Å²) in [6.07, 6.45) is 2.93. The fourth-order valence-corrected chi connectivity index (χ4v) is 0.884. The predicted molar refractivity (Wildman–Crippen MR) is 48.3 cm³/mol. The summed E-state index contributed by atoms with van der Waals surface area (Å²) in [5, 5.41) is 8.67. The number of hydrogen-bond acceptors (Lipinski definition) is 3. The molecule has 0 amide bonds. The lowest BCUT2D eigenvalue weighted by Gasteiger charge is -2.05. The second-order valence-electron chi connectivity index (χ2n) is 2.54. The molecule has 1 aromatic rings. The average molecular weight is 178 g/mol. The van der Waals surface area contributed by atoms with Gasteiger partial charge in [-0.1, -0.05) is 6.08 Å². The molecule has 0 aromatic carbocycles. The van der Waals surface area contributed by atoms with Crippen molar-refractivity contribution in [3.05, 3.63) is 42.2 Å². The van der Waals surface area contributed by atoms with Crippen LogP contribution in [0.25, 0.3) is 0 Å². The van der Waals surface area contributed by atoms with Crippen LogP contribution in [-0.4, -0.2) is 16.1 Å². The minimum atomic E-state index is -0.986. The first kappa shape index (κ1) is 9.41. The van der Waals surface area contributed by atoms with Crippen LogP contribution in [0.4, 0.5) is 0 Å². The smallest absolute Gasteiger partial charge is 0.335 e. The summed E-state index contributed by atoms with van der Waals surface area (Å²) in [4.78, 5) is 14.5. The minimum Gasteiger partial charge on any atom is -0.478 e. The summed E-state index contributed by atoms with van der Waals surface area (Å²) < 4.78 is 0. The van der Waals surface area contributed by atoms with Crippen molar-refractivity contribution in [3.63, 3.8) is 0 Å². The van der Waals surface area contributed by atoms with E-state index in [9.17, 15) is 4.79 Å². The molecule has 1 unspecified atom stereocenters. The van der Waals surface area contributed by atoms with Gasteiger partial charge in [0.2, 0.25) is 0 Å². The molecular formula is C9H10N2O2. The molecule has 0 aliphatic carbocycles. The molecule has 0 fully saturated rings. The third-order valence-electron chi connectivity index (χ3n) is 1.62. The van der Waals surface area contributed by atoms with E-state index in [1.165, 1.54) is 24.4 Å². The number of carbonyl (C=O) groups is 1. The zero-order chi connectivity index (χ0) is 9.84. The van der Waals surface area contributed by atoms with Crippen LogP contribution in [0.3, 0.4) is 0 Å². The first-order chi connectivity index (χ1) is 6.15. The first-order valence-corrected chi connectivity index (χ1v) is 3.72. The van der Waals surface area contributed by atoms with Gasteiger partial charge in [0.25, 0.3) is 0 Å². The van der Waals surface area contributed by atoms with E-state index in [-0.39, 0.29) is 5.56 Å². The molecule has 1 heterocycles. The highest BCUT2D eigenvalue weighted by Crippen LogP contribution is 2.09. The summed E-state index contributed by atoms with van der Waals surface area (Å²) in [7, 11) is 0. The third-order valence-corrected chi connectivity index (χ3v) is 1.62. The van der Waals surface area contributed by atoms with E-state index in [0.717, 1.165) is 0 Å². The van der Waals surface area contributed by atoms with Crippen LogP contribution < -0.4 is 5.73 Å². The Morgan fingerprint density at radius 2 is 2.46 bits per heavy atom. The normalized spacial score (nSPS) is 12.1. The lowest BCUT2D eigenvalue weighted by Crippen LogP contribution is -2.10. The molecule has 0 saturated heterocycles. The number of hydrogen-bond donors (Lipinski definition) is 2. The Kier molecular flexibility index (Phi) is 2.76. The highest BCUT2D eigenvalue weighted by atomic mass is 16.4. The molecule has 0 aliphatic heterocycles. The van der Waals surface area contributed by atoms with Gasteiger partial charge in [0, 0.05) is 6.20 Å². The molecular weight excluding hydrogens is 168 g/mol. The van der Waals surface area contributed by atoms with Crippen molar-refractivity contribution in [3.8, 4) is 0 Å². The minimum absolute atomic E-state index is 0.183. The van der Waals surface area contributed by atoms with Crippen LogP contribution in [0.15, 0.2) is 31.0 Å². The van der Waals surface area contributed by atoms with E-state index in [1.54, 1.807) is 0 Å². The van der Waals surface area contributed by atoms with E-state index in [0.29, 0.717) is 5.69 Å². The lowest BCUT2D eigenvalue weighted by molar-refractivity contribution is 0.0696. The number of carboxylic acids is 1. The second kappa shape index (κ2) is 3.82. The Morgan fingerprint density at radius 3 is 3.00 bits per heavy atom. The molecule has 0 spiro atoms. The Balaban J connectivity index is 3.04. The Labute approximate surface area is 75.7 Å². The van der Waals surface area contributed by atoms with E-state index < -0.39 is 12.0 Å². The van der Waals surface area contributed by atoms with Crippen LogP contribution in [-0.2, 0) is 0 Å². The van der Waals surface area contributed by atoms with Gasteiger partial charge in [-0.25, -0.2) is 4.79 Å². The maximum absolute atomic E-state index is 10.6. The molecule has 68 valence electrons. The Bertz CT molecular complexity index is 336. The van der Waals surface area contributed by atoms with Gasteiger partial charge in [-0.15, -0.1) is 6.58 Å². The van der Waals surface area contributed by atoms with Crippen LogP contribution in [0.2, 0.25) is 0 Å². The molecule has 1 rings (SSSR count). The van der Waals surface area contributed by atoms with Crippen LogP contribution in [0, 0.1) is 0 Å². The summed E-state index contributed by atoms with van der Waals surface area (Å²) in [6.45, 7) is 3.50. The number of nitrogens with zero attached hydrogens (tertiary/aromatic N) is 1. The molecule has 4 nitrogen and oxygen atoms in total. The quantitative estimate of drug-likeness (QED) is 0.676. The van der Waals surface area contributed by atoms with Gasteiger partial charge in [0.1, 0.15) is 0 Å². The van der Waals surface area contributed by atoms with Crippen molar-refractivity contribution in [2.24, 2.45) is 5.73 Å². The standard InChI is InChI=1S/C9H10N2O2/c1-2-7(10)8-5-6(9(12)13)3-4-11-8/h2-5,7H,1,10H2,(H,12,13). The summed E-state index contributed by atoms with van der Waals surface area (Å²) >= 11 is 0. The van der Waals surface area contributed by atoms with Crippen molar-refractivity contribution in [1.29, 1.82) is 0 Å². The lowest BCUT2D eigenvalue weighted by atomic mass is 10.1. The molecule has 0 saturated carbocycles. The van der Waals surface area contributed by atoms with Crippen molar-refractivity contribution < 1.29 is 9.90 Å². The van der Waals surface area contributed by atoms with Crippen molar-refractivity contribution in [1.82, 2.24) is 4.98 Å². The molecule has 0 radical (unpaired) electrons. The molecule has 4 heteroatoms.